The van der Waals surface area contributed by atoms with Gasteiger partial charge in [0.15, 0.2) is 11.5 Å². The molecule has 0 saturated carbocycles. The molecule has 3 aromatic carbocycles. The summed E-state index contributed by atoms with van der Waals surface area (Å²) in [5.41, 5.74) is 4.64. The maximum Gasteiger partial charge on any atom is 0.271 e. The van der Waals surface area contributed by atoms with Crippen LogP contribution in [0.5, 0.6) is 11.5 Å². The maximum absolute atomic E-state index is 12.2. The number of hydrazone groups is 1. The minimum Gasteiger partial charge on any atom is -0.490 e. The van der Waals surface area contributed by atoms with Crippen LogP contribution in [0.3, 0.4) is 0 Å². The Labute approximate surface area is 202 Å². The molecule has 0 spiro atoms. The molecule has 0 aliphatic rings. The number of nitrogens with one attached hydrogen (secondary N) is 1. The monoisotopic (exact) mass is 564 g/mol. The Balaban J connectivity index is 1.73. The molecule has 1 N–H and O–H groups in total. The molecule has 0 fully saturated rings. The van der Waals surface area contributed by atoms with Crippen LogP contribution in [0.4, 0.5) is 0 Å². The SMILES string of the molecule is CCOc1cc(/C=N\NC(=O)c2ccc(Br)cc2)cc(Br)c1OCc1ccccc1Cl. The summed E-state index contributed by atoms with van der Waals surface area (Å²) in [5, 5.41) is 4.69. The fraction of sp³-hybridized carbons (Fsp3) is 0.130. The van der Waals surface area contributed by atoms with Crippen molar-refractivity contribution in [3.05, 3.63) is 91.3 Å². The van der Waals surface area contributed by atoms with Gasteiger partial charge >= 0.3 is 0 Å². The first-order chi connectivity index (χ1) is 15.0. The van der Waals surface area contributed by atoms with E-state index < -0.39 is 0 Å². The third kappa shape index (κ3) is 6.56. The fourth-order valence-corrected chi connectivity index (χ4v) is 3.69. The minimum atomic E-state index is -0.299. The van der Waals surface area contributed by atoms with Gasteiger partial charge in [0.2, 0.25) is 0 Å². The highest BCUT2D eigenvalue weighted by Crippen LogP contribution is 2.37. The Morgan fingerprint density at radius 2 is 1.84 bits per heavy atom. The van der Waals surface area contributed by atoms with E-state index in [4.69, 9.17) is 21.1 Å². The summed E-state index contributed by atoms with van der Waals surface area (Å²) in [6.45, 7) is 2.66. The van der Waals surface area contributed by atoms with Crippen molar-refractivity contribution in [1.29, 1.82) is 0 Å². The lowest BCUT2D eigenvalue weighted by Gasteiger charge is -2.15. The van der Waals surface area contributed by atoms with Gasteiger partial charge in [0, 0.05) is 20.6 Å². The van der Waals surface area contributed by atoms with Crippen molar-refractivity contribution in [1.82, 2.24) is 5.43 Å². The average Bonchev–Trinajstić information content (AvgIpc) is 2.75. The molecule has 0 aliphatic heterocycles. The Morgan fingerprint density at radius 1 is 1.10 bits per heavy atom. The van der Waals surface area contributed by atoms with Crippen LogP contribution in [0.25, 0.3) is 0 Å². The highest BCUT2D eigenvalue weighted by molar-refractivity contribution is 9.10. The molecule has 0 aromatic heterocycles. The van der Waals surface area contributed by atoms with Gasteiger partial charge in [-0.3, -0.25) is 4.79 Å². The van der Waals surface area contributed by atoms with Crippen LogP contribution in [-0.2, 0) is 6.61 Å². The number of nitrogens with zero attached hydrogens (tertiary/aromatic N) is 1. The van der Waals surface area contributed by atoms with Gasteiger partial charge in [-0.25, -0.2) is 5.43 Å². The number of amides is 1. The van der Waals surface area contributed by atoms with Gasteiger partial charge in [0.25, 0.3) is 5.91 Å². The number of ether oxygens (including phenoxy) is 2. The van der Waals surface area contributed by atoms with Crippen molar-refractivity contribution in [3.8, 4) is 11.5 Å². The van der Waals surface area contributed by atoms with E-state index in [0.717, 1.165) is 15.6 Å². The van der Waals surface area contributed by atoms with Crippen molar-refractivity contribution in [2.45, 2.75) is 13.5 Å². The highest BCUT2D eigenvalue weighted by Gasteiger charge is 2.13. The lowest BCUT2D eigenvalue weighted by molar-refractivity contribution is 0.0955. The van der Waals surface area contributed by atoms with Crippen LogP contribution >= 0.6 is 43.5 Å². The van der Waals surface area contributed by atoms with Gasteiger partial charge in [-0.05, 0) is 70.9 Å². The lowest BCUT2D eigenvalue weighted by atomic mass is 10.2. The normalized spacial score (nSPS) is 10.8. The van der Waals surface area contributed by atoms with E-state index >= 15 is 0 Å². The van der Waals surface area contributed by atoms with Crippen molar-refractivity contribution >= 4 is 55.6 Å². The number of hydrogen-bond donors (Lipinski definition) is 1. The van der Waals surface area contributed by atoms with Gasteiger partial charge in [0.05, 0.1) is 17.3 Å². The number of carbonyl (C=O) groups is 1. The molecule has 0 bridgehead atoms. The Bertz CT molecular complexity index is 1090. The first-order valence-corrected chi connectivity index (χ1v) is 11.4. The topological polar surface area (TPSA) is 59.9 Å². The zero-order valence-electron chi connectivity index (χ0n) is 16.6. The van der Waals surface area contributed by atoms with Crippen LogP contribution in [0.15, 0.2) is 74.7 Å². The van der Waals surface area contributed by atoms with E-state index in [0.29, 0.717) is 39.8 Å². The second-order valence-corrected chi connectivity index (χ2v) is 8.53. The highest BCUT2D eigenvalue weighted by atomic mass is 79.9. The molecule has 3 aromatic rings. The molecule has 31 heavy (non-hydrogen) atoms. The predicted molar refractivity (Wildman–Crippen MR) is 130 cm³/mol. The van der Waals surface area contributed by atoms with Crippen LogP contribution in [0.2, 0.25) is 5.02 Å². The number of halogens is 3. The molecule has 5 nitrogen and oxygen atoms in total. The summed E-state index contributed by atoms with van der Waals surface area (Å²) in [6.07, 6.45) is 1.54. The van der Waals surface area contributed by atoms with Crippen LogP contribution in [0.1, 0.15) is 28.4 Å². The standard InChI is InChI=1S/C23H19Br2ClN2O3/c1-2-30-21-12-15(13-27-28-23(29)16-7-9-18(24)10-8-16)11-19(25)22(21)31-14-17-5-3-4-6-20(17)26/h3-13H,2,14H2,1H3,(H,28,29)/b27-13-. The Morgan fingerprint density at radius 3 is 2.55 bits per heavy atom. The van der Waals surface area contributed by atoms with Gasteiger partial charge in [-0.15, -0.1) is 0 Å². The van der Waals surface area contributed by atoms with E-state index in [1.165, 1.54) is 0 Å². The van der Waals surface area contributed by atoms with Gasteiger partial charge < -0.3 is 9.47 Å². The van der Waals surface area contributed by atoms with E-state index in [9.17, 15) is 4.79 Å². The molecular formula is C23H19Br2ClN2O3. The molecule has 0 aliphatic carbocycles. The quantitative estimate of drug-likeness (QED) is 0.247. The Kier molecular flexibility index (Phi) is 8.51. The van der Waals surface area contributed by atoms with Crippen LogP contribution in [-0.4, -0.2) is 18.7 Å². The number of rotatable bonds is 8. The zero-order valence-corrected chi connectivity index (χ0v) is 20.5. The summed E-state index contributed by atoms with van der Waals surface area (Å²) in [5.74, 6) is 0.829. The minimum absolute atomic E-state index is 0.299. The molecule has 0 atom stereocenters. The van der Waals surface area contributed by atoms with Gasteiger partial charge in [-0.1, -0.05) is 45.7 Å². The maximum atomic E-state index is 12.2. The van der Waals surface area contributed by atoms with E-state index in [2.05, 4.69) is 42.4 Å². The number of hydrogen-bond acceptors (Lipinski definition) is 4. The largest absolute Gasteiger partial charge is 0.490 e. The summed E-state index contributed by atoms with van der Waals surface area (Å²) in [7, 11) is 0. The molecule has 0 heterocycles. The molecule has 8 heteroatoms. The van der Waals surface area contributed by atoms with Crippen LogP contribution < -0.4 is 14.9 Å². The molecular weight excluding hydrogens is 548 g/mol. The fourth-order valence-electron chi connectivity index (χ4n) is 2.66. The van der Waals surface area contributed by atoms with Crippen LogP contribution in [0, 0.1) is 0 Å². The molecule has 3 rings (SSSR count). The molecule has 160 valence electrons. The second-order valence-electron chi connectivity index (χ2n) is 6.35. The summed E-state index contributed by atoms with van der Waals surface area (Å²) in [4.78, 5) is 12.2. The predicted octanol–water partition coefficient (Wildman–Crippen LogP) is 6.61. The zero-order chi connectivity index (χ0) is 22.2. The van der Waals surface area contributed by atoms with Gasteiger partial charge in [0.1, 0.15) is 6.61 Å². The molecule has 0 saturated heterocycles. The molecule has 0 radical (unpaired) electrons. The van der Waals surface area contributed by atoms with E-state index in [1.807, 2.05) is 37.3 Å². The summed E-state index contributed by atoms with van der Waals surface area (Å²) in [6, 6.07) is 18.2. The molecule has 0 unspecified atom stereocenters. The molecule has 1 amide bonds. The first kappa shape index (κ1) is 23.3. The summed E-state index contributed by atoms with van der Waals surface area (Å²) >= 11 is 13.1. The van der Waals surface area contributed by atoms with E-state index in [1.54, 1.807) is 36.5 Å². The third-order valence-electron chi connectivity index (χ3n) is 4.15. The third-order valence-corrected chi connectivity index (χ3v) is 5.63. The van der Waals surface area contributed by atoms with Crippen molar-refractivity contribution in [3.63, 3.8) is 0 Å². The number of carbonyl (C=O) groups excluding carboxylic acids is 1. The average molecular weight is 567 g/mol. The second kappa shape index (κ2) is 11.3. The van der Waals surface area contributed by atoms with Crippen molar-refractivity contribution in [2.75, 3.05) is 6.61 Å². The first-order valence-electron chi connectivity index (χ1n) is 9.39. The van der Waals surface area contributed by atoms with Gasteiger partial charge in [-0.2, -0.15) is 5.10 Å². The van der Waals surface area contributed by atoms with Crippen molar-refractivity contribution in [2.24, 2.45) is 5.10 Å². The number of benzene rings is 3. The smallest absolute Gasteiger partial charge is 0.271 e. The Hall–Kier alpha value is -2.35. The van der Waals surface area contributed by atoms with Crippen molar-refractivity contribution < 1.29 is 14.3 Å². The summed E-state index contributed by atoms with van der Waals surface area (Å²) < 4.78 is 13.3. The lowest BCUT2D eigenvalue weighted by Crippen LogP contribution is -2.17. The van der Waals surface area contributed by atoms with E-state index in [-0.39, 0.29) is 5.91 Å².